The topological polar surface area (TPSA) is 43.1 Å². The van der Waals surface area contributed by atoms with Gasteiger partial charge in [0.15, 0.2) is 5.78 Å². The molecule has 4 heteroatoms. The molecule has 0 aliphatic rings. The van der Waals surface area contributed by atoms with Crippen molar-refractivity contribution >= 4 is 11.5 Å². The Balaban J connectivity index is -0.000000231. The molecule has 2 nitrogen and oxygen atoms in total. The molecule has 0 aromatic heterocycles. The van der Waals surface area contributed by atoms with E-state index in [1.54, 1.807) is 36.4 Å². The Bertz CT molecular complexity index is 472. The van der Waals surface area contributed by atoms with E-state index >= 15 is 0 Å². The van der Waals surface area contributed by atoms with E-state index in [0.717, 1.165) is 0 Å². The molecule has 113 valence electrons. The summed E-state index contributed by atoms with van der Waals surface area (Å²) in [5.41, 5.74) is 7.58. The van der Waals surface area contributed by atoms with Crippen LogP contribution >= 0.6 is 0 Å². The van der Waals surface area contributed by atoms with Crippen LogP contribution in [-0.2, 0) is 53.8 Å². The van der Waals surface area contributed by atoms with E-state index in [0.29, 0.717) is 16.8 Å². The number of nitrogen functional groups attached to an aromatic ring is 1. The first-order chi connectivity index (χ1) is 8.27. The summed E-state index contributed by atoms with van der Waals surface area (Å²) in [7, 11) is 0. The van der Waals surface area contributed by atoms with Gasteiger partial charge in [-0.3, -0.25) is 4.79 Å². The zero-order valence-corrected chi connectivity index (χ0v) is 17.9. The van der Waals surface area contributed by atoms with Gasteiger partial charge in [0.05, 0.1) is 0 Å². The van der Waals surface area contributed by atoms with Crippen LogP contribution in [0, 0.1) is 7.43 Å². The molecule has 0 saturated heterocycles. The van der Waals surface area contributed by atoms with Gasteiger partial charge in [-0.25, -0.2) is 0 Å². The second-order valence-electron chi connectivity index (χ2n) is 3.32. The maximum absolute atomic E-state index is 11.9. The number of carbonyl (C=O) groups is 1. The molecule has 0 spiro atoms. The van der Waals surface area contributed by atoms with Crippen LogP contribution in [0.2, 0.25) is 0 Å². The van der Waals surface area contributed by atoms with Crippen LogP contribution < -0.4 is 5.73 Å². The molecule has 2 rings (SSSR count). The Morgan fingerprint density at radius 3 is 1.67 bits per heavy atom. The number of nitrogens with two attached hydrogens (primary N) is 1. The molecule has 21 heavy (non-hydrogen) atoms. The van der Waals surface area contributed by atoms with Gasteiger partial charge >= 0.3 is 0 Å². The molecule has 0 bridgehead atoms. The van der Waals surface area contributed by atoms with Crippen molar-refractivity contribution in [2.45, 2.75) is 21.3 Å². The van der Waals surface area contributed by atoms with Crippen molar-refractivity contribution < 1.29 is 58.6 Å². The van der Waals surface area contributed by atoms with Crippen molar-refractivity contribution in [3.8, 4) is 0 Å². The summed E-state index contributed by atoms with van der Waals surface area (Å²) in [6.07, 6.45) is 0. The van der Waals surface area contributed by atoms with Crippen molar-refractivity contribution in [1.82, 2.24) is 0 Å². The van der Waals surface area contributed by atoms with Gasteiger partial charge in [0.2, 0.25) is 0 Å². The Morgan fingerprint density at radius 1 is 0.857 bits per heavy atom. The first kappa shape index (κ1) is 28.8. The molecular formula is C17H24NOWY-. The SMILES string of the molecule is C.CC.Nc1ccc(C(=O)c2ccccc2)cc1.[CH3-].[W].[Y]. The Morgan fingerprint density at radius 2 is 1.24 bits per heavy atom. The predicted molar refractivity (Wildman–Crippen MR) is 85.2 cm³/mol. The number of hydrogen-bond acceptors (Lipinski definition) is 2. The number of benzene rings is 2. The van der Waals surface area contributed by atoms with E-state index in [1.807, 2.05) is 32.0 Å². The van der Waals surface area contributed by atoms with E-state index in [2.05, 4.69) is 0 Å². The summed E-state index contributed by atoms with van der Waals surface area (Å²) in [4.78, 5) is 11.9. The molecule has 0 saturated carbocycles. The Kier molecular flexibility index (Phi) is 22.1. The molecule has 2 N–H and O–H groups in total. The second-order valence-corrected chi connectivity index (χ2v) is 3.32. The Hall–Kier alpha value is -0.298. The molecule has 0 amide bonds. The van der Waals surface area contributed by atoms with Crippen molar-refractivity contribution in [3.05, 3.63) is 73.2 Å². The van der Waals surface area contributed by atoms with Gasteiger partial charge in [-0.2, -0.15) is 0 Å². The number of hydrogen-bond donors (Lipinski definition) is 1. The third kappa shape index (κ3) is 9.35. The van der Waals surface area contributed by atoms with Crippen LogP contribution in [0.15, 0.2) is 54.6 Å². The van der Waals surface area contributed by atoms with Gasteiger partial charge in [-0.05, 0) is 24.3 Å². The van der Waals surface area contributed by atoms with Gasteiger partial charge in [-0.1, -0.05) is 51.6 Å². The van der Waals surface area contributed by atoms with Crippen LogP contribution in [0.3, 0.4) is 0 Å². The quantitative estimate of drug-likeness (QED) is 0.350. The predicted octanol–water partition coefficient (Wildman–Crippen LogP) is 4.61. The Labute approximate surface area is 169 Å². The summed E-state index contributed by atoms with van der Waals surface area (Å²) in [6.45, 7) is 4.00. The number of anilines is 1. The number of ketones is 1. The van der Waals surface area contributed by atoms with Crippen molar-refractivity contribution in [2.75, 3.05) is 5.73 Å². The fourth-order valence-corrected chi connectivity index (χ4v) is 1.39. The minimum absolute atomic E-state index is 0. The standard InChI is InChI=1S/C13H11NO.C2H6.CH4.CH3.W.Y/c14-12-8-6-11(7-9-12)13(15)10-4-2-1-3-5-10;1-2;;;;/h1-9H,14H2;1-2H3;1H4;1H3;;/q;;;-1;;. The van der Waals surface area contributed by atoms with Gasteiger partial charge in [0, 0.05) is 70.6 Å². The van der Waals surface area contributed by atoms with E-state index in [1.165, 1.54) is 0 Å². The molecule has 0 aliphatic heterocycles. The van der Waals surface area contributed by atoms with Crippen molar-refractivity contribution in [1.29, 1.82) is 0 Å². The fraction of sp³-hybridized carbons (Fsp3) is 0.176. The van der Waals surface area contributed by atoms with E-state index in [9.17, 15) is 4.79 Å². The van der Waals surface area contributed by atoms with Crippen LogP contribution in [0.4, 0.5) is 5.69 Å². The van der Waals surface area contributed by atoms with E-state index < -0.39 is 0 Å². The summed E-state index contributed by atoms with van der Waals surface area (Å²) in [5, 5.41) is 0. The minimum Gasteiger partial charge on any atom is -0.399 e. The van der Waals surface area contributed by atoms with Crippen LogP contribution in [0.1, 0.15) is 37.2 Å². The molecule has 0 aliphatic carbocycles. The van der Waals surface area contributed by atoms with Crippen LogP contribution in [0.5, 0.6) is 0 Å². The molecule has 0 heterocycles. The van der Waals surface area contributed by atoms with Gasteiger partial charge in [0.1, 0.15) is 0 Å². The summed E-state index contributed by atoms with van der Waals surface area (Å²) < 4.78 is 0. The summed E-state index contributed by atoms with van der Waals surface area (Å²) in [5.74, 6) is 0.0237. The largest absolute Gasteiger partial charge is 0.399 e. The summed E-state index contributed by atoms with van der Waals surface area (Å²) >= 11 is 0. The molecule has 2 aromatic carbocycles. The maximum Gasteiger partial charge on any atom is 0.193 e. The molecule has 0 atom stereocenters. The smallest absolute Gasteiger partial charge is 0.193 e. The molecule has 0 unspecified atom stereocenters. The van der Waals surface area contributed by atoms with Crippen LogP contribution in [0.25, 0.3) is 0 Å². The molecule has 2 aromatic rings. The normalized spacial score (nSPS) is 7.33. The third-order valence-corrected chi connectivity index (χ3v) is 2.21. The fourth-order valence-electron chi connectivity index (χ4n) is 1.39. The monoisotopic (exact) mass is 531 g/mol. The van der Waals surface area contributed by atoms with Gasteiger partial charge < -0.3 is 13.2 Å². The van der Waals surface area contributed by atoms with Crippen molar-refractivity contribution in [3.63, 3.8) is 0 Å². The third-order valence-electron chi connectivity index (χ3n) is 2.21. The average molecular weight is 531 g/mol. The number of carbonyl (C=O) groups excluding carboxylic acids is 1. The van der Waals surface area contributed by atoms with Crippen molar-refractivity contribution in [2.24, 2.45) is 0 Å². The van der Waals surface area contributed by atoms with E-state index in [4.69, 9.17) is 5.73 Å². The zero-order chi connectivity index (χ0) is 12.7. The van der Waals surface area contributed by atoms with E-state index in [-0.39, 0.29) is 74.4 Å². The minimum atomic E-state index is 0. The average Bonchev–Trinajstić information content (AvgIpc) is 2.42. The van der Waals surface area contributed by atoms with Gasteiger partial charge in [0.25, 0.3) is 0 Å². The number of rotatable bonds is 2. The summed E-state index contributed by atoms with van der Waals surface area (Å²) in [6, 6.07) is 16.1. The molecule has 0 fully saturated rings. The first-order valence-electron chi connectivity index (χ1n) is 5.72. The second kappa shape index (κ2) is 16.1. The maximum atomic E-state index is 11.9. The zero-order valence-electron chi connectivity index (χ0n) is 12.2. The first-order valence-corrected chi connectivity index (χ1v) is 5.72. The van der Waals surface area contributed by atoms with Crippen LogP contribution in [-0.4, -0.2) is 5.78 Å². The molecular weight excluding hydrogens is 507 g/mol. The van der Waals surface area contributed by atoms with Gasteiger partial charge in [-0.15, -0.1) is 0 Å². The molecule has 1 radical (unpaired) electrons.